The Morgan fingerprint density at radius 1 is 1.06 bits per heavy atom. The fourth-order valence-corrected chi connectivity index (χ4v) is 1.67. The van der Waals surface area contributed by atoms with Gasteiger partial charge >= 0.3 is 0 Å². The van der Waals surface area contributed by atoms with E-state index in [0.717, 1.165) is 6.07 Å². The van der Waals surface area contributed by atoms with Crippen LogP contribution in [0.25, 0.3) is 22.5 Å². The van der Waals surface area contributed by atoms with Gasteiger partial charge in [-0.1, -0.05) is 0 Å². The Bertz CT molecular complexity index is 726. The van der Waals surface area contributed by atoms with Crippen molar-refractivity contribution >= 4 is 11.0 Å². The van der Waals surface area contributed by atoms with Crippen molar-refractivity contribution in [1.82, 2.24) is 0 Å². The van der Waals surface area contributed by atoms with Crippen LogP contribution in [0.1, 0.15) is 0 Å². The van der Waals surface area contributed by atoms with Gasteiger partial charge < -0.3 is 8.83 Å². The zero-order chi connectivity index (χ0) is 11.8. The Kier molecular flexibility index (Phi) is 2.08. The molecule has 0 unspecified atom stereocenters. The van der Waals surface area contributed by atoms with Crippen LogP contribution in [0.15, 0.2) is 56.3 Å². The third-order valence-corrected chi connectivity index (χ3v) is 2.45. The van der Waals surface area contributed by atoms with Crippen molar-refractivity contribution < 1.29 is 13.2 Å². The van der Waals surface area contributed by atoms with Crippen molar-refractivity contribution in [1.29, 1.82) is 0 Å². The quantitative estimate of drug-likeness (QED) is 0.644. The number of hydrogen-bond acceptors (Lipinski definition) is 3. The highest BCUT2D eigenvalue weighted by molar-refractivity contribution is 5.78. The van der Waals surface area contributed by atoms with Crippen LogP contribution in [0.5, 0.6) is 0 Å². The van der Waals surface area contributed by atoms with Crippen LogP contribution in [-0.2, 0) is 0 Å². The summed E-state index contributed by atoms with van der Waals surface area (Å²) in [6.45, 7) is 0. The Hall–Kier alpha value is -2.36. The Morgan fingerprint density at radius 3 is 2.71 bits per heavy atom. The first-order valence-corrected chi connectivity index (χ1v) is 5.01. The van der Waals surface area contributed by atoms with Crippen molar-refractivity contribution in [2.75, 3.05) is 0 Å². The van der Waals surface area contributed by atoms with Gasteiger partial charge in [-0.15, -0.1) is 0 Å². The summed E-state index contributed by atoms with van der Waals surface area (Å²) in [6.07, 6.45) is 1.49. The van der Waals surface area contributed by atoms with Gasteiger partial charge in [-0.3, -0.25) is 4.79 Å². The van der Waals surface area contributed by atoms with E-state index >= 15 is 0 Å². The van der Waals surface area contributed by atoms with Gasteiger partial charge in [0.15, 0.2) is 16.9 Å². The molecule has 0 saturated carbocycles. The summed E-state index contributed by atoms with van der Waals surface area (Å²) >= 11 is 0. The number of rotatable bonds is 1. The van der Waals surface area contributed by atoms with E-state index in [9.17, 15) is 9.18 Å². The van der Waals surface area contributed by atoms with Crippen LogP contribution in [0.4, 0.5) is 4.39 Å². The van der Waals surface area contributed by atoms with Gasteiger partial charge in [0.05, 0.1) is 11.6 Å². The highest BCUT2D eigenvalue weighted by atomic mass is 19.1. The van der Waals surface area contributed by atoms with E-state index in [4.69, 9.17) is 8.83 Å². The molecule has 0 amide bonds. The molecule has 0 atom stereocenters. The van der Waals surface area contributed by atoms with Crippen LogP contribution in [0.3, 0.4) is 0 Å². The van der Waals surface area contributed by atoms with E-state index in [1.54, 1.807) is 12.1 Å². The van der Waals surface area contributed by atoms with Gasteiger partial charge in [0.2, 0.25) is 0 Å². The molecule has 0 spiro atoms. The van der Waals surface area contributed by atoms with Crippen molar-refractivity contribution in [3.05, 3.63) is 58.7 Å². The van der Waals surface area contributed by atoms with Crippen molar-refractivity contribution in [3.8, 4) is 11.5 Å². The molecule has 0 bridgehead atoms. The molecule has 4 heteroatoms. The fraction of sp³-hybridized carbons (Fsp3) is 0. The van der Waals surface area contributed by atoms with Gasteiger partial charge in [0.1, 0.15) is 11.4 Å². The lowest BCUT2D eigenvalue weighted by molar-refractivity contribution is 0.536. The molecule has 17 heavy (non-hydrogen) atoms. The Labute approximate surface area is 95.1 Å². The van der Waals surface area contributed by atoms with Crippen molar-refractivity contribution in [2.45, 2.75) is 0 Å². The summed E-state index contributed by atoms with van der Waals surface area (Å²) in [6, 6.07) is 8.52. The smallest absolute Gasteiger partial charge is 0.193 e. The zero-order valence-corrected chi connectivity index (χ0v) is 8.64. The van der Waals surface area contributed by atoms with Crippen LogP contribution in [0, 0.1) is 5.82 Å². The standard InChI is InChI=1S/C13H7FO3/c14-8-3-4-11-9(6-8)10(15)7-13(17-11)12-2-1-5-16-12/h1-7H. The van der Waals surface area contributed by atoms with E-state index in [0.29, 0.717) is 17.1 Å². The monoisotopic (exact) mass is 230 g/mol. The van der Waals surface area contributed by atoms with E-state index in [1.807, 2.05) is 0 Å². The number of furan rings is 1. The van der Waals surface area contributed by atoms with E-state index in [-0.39, 0.29) is 10.8 Å². The summed E-state index contributed by atoms with van der Waals surface area (Å²) in [4.78, 5) is 11.8. The normalized spacial score (nSPS) is 10.9. The lowest BCUT2D eigenvalue weighted by Gasteiger charge is -2.00. The maximum absolute atomic E-state index is 13.0. The molecule has 3 aromatic rings. The summed E-state index contributed by atoms with van der Waals surface area (Å²) in [5.74, 6) is 0.336. The van der Waals surface area contributed by atoms with Crippen LogP contribution < -0.4 is 5.43 Å². The summed E-state index contributed by atoms with van der Waals surface area (Å²) in [5, 5.41) is 0.223. The molecule has 1 aromatic carbocycles. The summed E-state index contributed by atoms with van der Waals surface area (Å²) in [7, 11) is 0. The maximum Gasteiger partial charge on any atom is 0.193 e. The molecule has 0 N–H and O–H groups in total. The third-order valence-electron chi connectivity index (χ3n) is 2.45. The first-order chi connectivity index (χ1) is 8.24. The second kappa shape index (κ2) is 3.59. The van der Waals surface area contributed by atoms with E-state index < -0.39 is 5.82 Å². The van der Waals surface area contributed by atoms with E-state index in [2.05, 4.69) is 0 Å². The highest BCUT2D eigenvalue weighted by Gasteiger charge is 2.09. The maximum atomic E-state index is 13.0. The molecule has 84 valence electrons. The van der Waals surface area contributed by atoms with Gasteiger partial charge in [-0.2, -0.15) is 0 Å². The first kappa shape index (κ1) is 9.84. The molecule has 0 radical (unpaired) electrons. The third kappa shape index (κ3) is 1.63. The van der Waals surface area contributed by atoms with Crippen LogP contribution in [0.2, 0.25) is 0 Å². The number of fused-ring (bicyclic) bond motifs is 1. The molecule has 0 fully saturated rings. The van der Waals surface area contributed by atoms with Gasteiger partial charge in [-0.25, -0.2) is 4.39 Å². The van der Waals surface area contributed by atoms with Gasteiger partial charge in [-0.05, 0) is 30.3 Å². The fourth-order valence-electron chi connectivity index (χ4n) is 1.67. The van der Waals surface area contributed by atoms with Crippen molar-refractivity contribution in [3.63, 3.8) is 0 Å². The number of benzene rings is 1. The van der Waals surface area contributed by atoms with Crippen LogP contribution in [-0.4, -0.2) is 0 Å². The lowest BCUT2D eigenvalue weighted by atomic mass is 10.2. The lowest BCUT2D eigenvalue weighted by Crippen LogP contribution is -2.00. The highest BCUT2D eigenvalue weighted by Crippen LogP contribution is 2.22. The average Bonchev–Trinajstić information content (AvgIpc) is 2.83. The predicted molar refractivity (Wildman–Crippen MR) is 60.1 cm³/mol. The predicted octanol–water partition coefficient (Wildman–Crippen LogP) is 3.19. The molecule has 3 rings (SSSR count). The van der Waals surface area contributed by atoms with Gasteiger partial charge in [0, 0.05) is 6.07 Å². The molecule has 0 aliphatic rings. The first-order valence-electron chi connectivity index (χ1n) is 5.01. The number of hydrogen-bond donors (Lipinski definition) is 0. The van der Waals surface area contributed by atoms with Gasteiger partial charge in [0.25, 0.3) is 0 Å². The van der Waals surface area contributed by atoms with E-state index in [1.165, 1.54) is 24.5 Å². The molecular weight excluding hydrogens is 223 g/mol. The second-order valence-electron chi connectivity index (χ2n) is 3.59. The molecule has 0 aliphatic heterocycles. The zero-order valence-electron chi connectivity index (χ0n) is 8.64. The van der Waals surface area contributed by atoms with Crippen molar-refractivity contribution in [2.24, 2.45) is 0 Å². The minimum absolute atomic E-state index is 0.223. The molecule has 2 heterocycles. The Morgan fingerprint density at radius 2 is 1.94 bits per heavy atom. The topological polar surface area (TPSA) is 43.4 Å². The minimum atomic E-state index is -0.462. The Balaban J connectivity index is 2.32. The molecule has 3 nitrogen and oxygen atoms in total. The minimum Gasteiger partial charge on any atom is -0.461 e. The molecular formula is C13H7FO3. The largest absolute Gasteiger partial charge is 0.461 e. The second-order valence-corrected chi connectivity index (χ2v) is 3.59. The molecule has 0 saturated heterocycles. The summed E-state index contributed by atoms with van der Waals surface area (Å²) < 4.78 is 23.6. The SMILES string of the molecule is O=c1cc(-c2ccco2)oc2ccc(F)cc12. The molecule has 0 aliphatic carbocycles. The summed E-state index contributed by atoms with van der Waals surface area (Å²) in [5.41, 5.74) is 0.0439. The van der Waals surface area contributed by atoms with Crippen LogP contribution >= 0.6 is 0 Å². The average molecular weight is 230 g/mol. The number of halogens is 1. The molecule has 2 aromatic heterocycles.